The highest BCUT2D eigenvalue weighted by molar-refractivity contribution is 5.91. The standard InChI is InChI=1S/C14H16N4O/c1-18(9-10-5-7-11(15)8-6-10)13-4-2-3-12(17-13)14(16)19/h2-8H,9,15H2,1H3,(H2,16,19). The number of pyridine rings is 1. The van der Waals surface area contributed by atoms with Gasteiger partial charge in [-0.3, -0.25) is 4.79 Å². The molecule has 4 N–H and O–H groups in total. The van der Waals surface area contributed by atoms with E-state index >= 15 is 0 Å². The van der Waals surface area contributed by atoms with Gasteiger partial charge in [-0.1, -0.05) is 18.2 Å². The van der Waals surface area contributed by atoms with Crippen LogP contribution in [0.15, 0.2) is 42.5 Å². The molecule has 1 heterocycles. The summed E-state index contributed by atoms with van der Waals surface area (Å²) < 4.78 is 0. The second-order valence-corrected chi connectivity index (χ2v) is 4.34. The van der Waals surface area contributed by atoms with Crippen LogP contribution in [0.5, 0.6) is 0 Å². The number of nitrogens with zero attached hydrogens (tertiary/aromatic N) is 2. The summed E-state index contributed by atoms with van der Waals surface area (Å²) in [5.74, 6) is 0.177. The van der Waals surface area contributed by atoms with Gasteiger partial charge in [0, 0.05) is 19.3 Å². The SMILES string of the molecule is CN(Cc1ccc(N)cc1)c1cccc(C(N)=O)n1. The van der Waals surface area contributed by atoms with Gasteiger partial charge in [-0.25, -0.2) is 4.98 Å². The number of nitrogens with two attached hydrogens (primary N) is 2. The lowest BCUT2D eigenvalue weighted by atomic mass is 10.2. The van der Waals surface area contributed by atoms with Crippen molar-refractivity contribution in [3.8, 4) is 0 Å². The highest BCUT2D eigenvalue weighted by Crippen LogP contribution is 2.14. The zero-order chi connectivity index (χ0) is 13.8. The van der Waals surface area contributed by atoms with Gasteiger partial charge in [-0.15, -0.1) is 0 Å². The van der Waals surface area contributed by atoms with E-state index in [9.17, 15) is 4.79 Å². The molecule has 5 nitrogen and oxygen atoms in total. The molecule has 1 aromatic heterocycles. The molecule has 0 aliphatic carbocycles. The Bertz CT molecular complexity index is 580. The van der Waals surface area contributed by atoms with Crippen LogP contribution in [0, 0.1) is 0 Å². The zero-order valence-electron chi connectivity index (χ0n) is 10.7. The van der Waals surface area contributed by atoms with Crippen molar-refractivity contribution in [2.45, 2.75) is 6.54 Å². The molecule has 2 aromatic rings. The fourth-order valence-electron chi connectivity index (χ4n) is 1.75. The monoisotopic (exact) mass is 256 g/mol. The van der Waals surface area contributed by atoms with E-state index in [0.29, 0.717) is 12.4 Å². The fraction of sp³-hybridized carbons (Fsp3) is 0.143. The van der Waals surface area contributed by atoms with Crippen LogP contribution >= 0.6 is 0 Å². The van der Waals surface area contributed by atoms with Crippen LogP contribution in [0.3, 0.4) is 0 Å². The summed E-state index contributed by atoms with van der Waals surface area (Å²) >= 11 is 0. The molecule has 1 amide bonds. The second-order valence-electron chi connectivity index (χ2n) is 4.34. The average molecular weight is 256 g/mol. The number of nitrogen functional groups attached to an aromatic ring is 1. The Balaban J connectivity index is 2.15. The van der Waals surface area contributed by atoms with Crippen molar-refractivity contribution in [3.05, 3.63) is 53.7 Å². The van der Waals surface area contributed by atoms with E-state index in [-0.39, 0.29) is 5.69 Å². The van der Waals surface area contributed by atoms with Gasteiger partial charge in [0.1, 0.15) is 11.5 Å². The van der Waals surface area contributed by atoms with Gasteiger partial charge in [0.15, 0.2) is 0 Å². The summed E-state index contributed by atoms with van der Waals surface area (Å²) in [5, 5.41) is 0. The highest BCUT2D eigenvalue weighted by Gasteiger charge is 2.07. The predicted octanol–water partition coefficient (Wildman–Crippen LogP) is 1.40. The summed E-state index contributed by atoms with van der Waals surface area (Å²) in [7, 11) is 1.91. The first kappa shape index (κ1) is 12.9. The molecule has 0 saturated heterocycles. The van der Waals surface area contributed by atoms with Crippen molar-refractivity contribution in [2.75, 3.05) is 17.7 Å². The first-order valence-corrected chi connectivity index (χ1v) is 5.88. The lowest BCUT2D eigenvalue weighted by molar-refractivity contribution is 0.0995. The molecule has 0 bridgehead atoms. The molecule has 0 aliphatic heterocycles. The first-order chi connectivity index (χ1) is 9.06. The minimum atomic E-state index is -0.525. The van der Waals surface area contributed by atoms with E-state index < -0.39 is 5.91 Å². The topological polar surface area (TPSA) is 85.2 Å². The third-order valence-electron chi connectivity index (χ3n) is 2.78. The number of hydrogen-bond donors (Lipinski definition) is 2. The van der Waals surface area contributed by atoms with Crippen LogP contribution in [-0.4, -0.2) is 17.9 Å². The van der Waals surface area contributed by atoms with Crippen LogP contribution in [0.25, 0.3) is 0 Å². The van der Waals surface area contributed by atoms with Crippen LogP contribution in [-0.2, 0) is 6.54 Å². The van der Waals surface area contributed by atoms with Crippen molar-refractivity contribution in [2.24, 2.45) is 5.73 Å². The lowest BCUT2D eigenvalue weighted by Gasteiger charge is -2.18. The van der Waals surface area contributed by atoms with Crippen LogP contribution in [0.1, 0.15) is 16.1 Å². The van der Waals surface area contributed by atoms with E-state index in [1.54, 1.807) is 12.1 Å². The van der Waals surface area contributed by atoms with E-state index in [2.05, 4.69) is 4.98 Å². The second kappa shape index (κ2) is 5.39. The van der Waals surface area contributed by atoms with Crippen molar-refractivity contribution >= 4 is 17.4 Å². The number of aromatic nitrogens is 1. The van der Waals surface area contributed by atoms with Crippen molar-refractivity contribution in [1.82, 2.24) is 4.98 Å². The predicted molar refractivity (Wildman–Crippen MR) is 75.7 cm³/mol. The van der Waals surface area contributed by atoms with E-state index in [1.807, 2.05) is 42.3 Å². The molecule has 0 fully saturated rings. The summed E-state index contributed by atoms with van der Waals surface area (Å²) in [4.78, 5) is 17.3. The van der Waals surface area contributed by atoms with E-state index in [0.717, 1.165) is 11.3 Å². The van der Waals surface area contributed by atoms with Crippen LogP contribution in [0.4, 0.5) is 11.5 Å². The molecule has 0 atom stereocenters. The minimum Gasteiger partial charge on any atom is -0.399 e. The molecule has 0 saturated carbocycles. The van der Waals surface area contributed by atoms with Gasteiger partial charge in [0.25, 0.3) is 5.91 Å². The summed E-state index contributed by atoms with van der Waals surface area (Å²) in [6, 6.07) is 12.8. The maximum absolute atomic E-state index is 11.1. The first-order valence-electron chi connectivity index (χ1n) is 5.88. The molecule has 98 valence electrons. The van der Waals surface area contributed by atoms with E-state index in [4.69, 9.17) is 11.5 Å². The summed E-state index contributed by atoms with van der Waals surface area (Å²) in [5.41, 5.74) is 13.0. The smallest absolute Gasteiger partial charge is 0.267 e. The van der Waals surface area contributed by atoms with Gasteiger partial charge < -0.3 is 16.4 Å². The number of benzene rings is 1. The van der Waals surface area contributed by atoms with Gasteiger partial charge in [-0.05, 0) is 29.8 Å². The molecule has 0 spiro atoms. The molecule has 1 aromatic carbocycles. The Kier molecular flexibility index (Phi) is 3.66. The van der Waals surface area contributed by atoms with Crippen molar-refractivity contribution in [1.29, 1.82) is 0 Å². The van der Waals surface area contributed by atoms with Gasteiger partial charge in [0.05, 0.1) is 0 Å². The molecule has 2 rings (SSSR count). The number of anilines is 2. The zero-order valence-corrected chi connectivity index (χ0v) is 10.7. The highest BCUT2D eigenvalue weighted by atomic mass is 16.1. The number of primary amides is 1. The molecule has 19 heavy (non-hydrogen) atoms. The molecule has 0 radical (unpaired) electrons. The lowest BCUT2D eigenvalue weighted by Crippen LogP contribution is -2.20. The number of carbonyl (C=O) groups is 1. The molecule has 0 aliphatic rings. The Labute approximate surface area is 111 Å². The van der Waals surface area contributed by atoms with Gasteiger partial charge in [-0.2, -0.15) is 0 Å². The fourth-order valence-corrected chi connectivity index (χ4v) is 1.75. The number of hydrogen-bond acceptors (Lipinski definition) is 4. The molecular formula is C14H16N4O. The minimum absolute atomic E-state index is 0.265. The van der Waals surface area contributed by atoms with Crippen LogP contribution in [0.2, 0.25) is 0 Å². The Morgan fingerprint density at radius 1 is 1.21 bits per heavy atom. The number of carbonyl (C=O) groups excluding carboxylic acids is 1. The Morgan fingerprint density at radius 3 is 2.53 bits per heavy atom. The average Bonchev–Trinajstić information content (AvgIpc) is 2.41. The van der Waals surface area contributed by atoms with Crippen LogP contribution < -0.4 is 16.4 Å². The quantitative estimate of drug-likeness (QED) is 0.810. The summed E-state index contributed by atoms with van der Waals surface area (Å²) in [6.45, 7) is 0.676. The molecule has 5 heteroatoms. The molecular weight excluding hydrogens is 240 g/mol. The van der Waals surface area contributed by atoms with Crippen molar-refractivity contribution < 1.29 is 4.79 Å². The Morgan fingerprint density at radius 2 is 1.89 bits per heavy atom. The third-order valence-corrected chi connectivity index (χ3v) is 2.78. The maximum atomic E-state index is 11.1. The van der Waals surface area contributed by atoms with Crippen molar-refractivity contribution in [3.63, 3.8) is 0 Å². The maximum Gasteiger partial charge on any atom is 0.267 e. The van der Waals surface area contributed by atoms with Gasteiger partial charge in [0.2, 0.25) is 0 Å². The third kappa shape index (κ3) is 3.22. The largest absolute Gasteiger partial charge is 0.399 e. The Hall–Kier alpha value is -2.56. The molecule has 0 unspecified atom stereocenters. The van der Waals surface area contributed by atoms with E-state index in [1.165, 1.54) is 0 Å². The normalized spacial score (nSPS) is 10.2. The summed E-state index contributed by atoms with van der Waals surface area (Å²) in [6.07, 6.45) is 0. The number of amides is 1. The van der Waals surface area contributed by atoms with Gasteiger partial charge >= 0.3 is 0 Å². The number of rotatable bonds is 4.